The van der Waals surface area contributed by atoms with Crippen LogP contribution in [0, 0.1) is 23.9 Å². The van der Waals surface area contributed by atoms with Crippen molar-refractivity contribution in [1.82, 2.24) is 4.90 Å². The molecule has 4 unspecified atom stereocenters. The predicted molar refractivity (Wildman–Crippen MR) is 326 cm³/mol. The van der Waals surface area contributed by atoms with E-state index in [9.17, 15) is 24.0 Å². The maximum atomic E-state index is 10.9. The highest BCUT2D eigenvalue weighted by Crippen LogP contribution is 2.30. The third kappa shape index (κ3) is 50.9. The molecule has 0 saturated heterocycles. The van der Waals surface area contributed by atoms with Gasteiger partial charge in [0.1, 0.15) is 84.9 Å². The molecule has 89 heavy (non-hydrogen) atoms. The summed E-state index contributed by atoms with van der Waals surface area (Å²) in [5.74, 6) is 0.641. The van der Waals surface area contributed by atoms with E-state index in [1.165, 1.54) is 12.5 Å². The molecule has 4 rings (SSSR count). The summed E-state index contributed by atoms with van der Waals surface area (Å²) in [6.45, 7) is 26.2. The van der Waals surface area contributed by atoms with Crippen molar-refractivity contribution in [2.75, 3.05) is 86.7 Å². The predicted octanol–water partition coefficient (Wildman–Crippen LogP) is 8.17. The molecule has 494 valence electrons. The maximum Gasteiger partial charge on any atom is 0.330 e. The Labute approximate surface area is 521 Å². The van der Waals surface area contributed by atoms with Crippen LogP contribution in [0.25, 0.3) is 6.08 Å². The van der Waals surface area contributed by atoms with Gasteiger partial charge in [-0.2, -0.15) is 4.89 Å². The van der Waals surface area contributed by atoms with Crippen LogP contribution in [0.15, 0.2) is 149 Å². The number of aliphatic hydroxyl groups is 2. The number of carbonyl (C=O) groups excluding carboxylic acids is 5. The van der Waals surface area contributed by atoms with Gasteiger partial charge in [-0.25, -0.2) is 63.1 Å². The average molecular weight is 1260 g/mol. The van der Waals surface area contributed by atoms with Crippen molar-refractivity contribution in [3.8, 4) is 12.0 Å². The minimum Gasteiger partial charge on any atom is -0.461 e. The SMILES string of the molecule is C=CC(=O)OCC(C)OOCC1CCCCC1COO.C=CC(=O)OCCN(C)C.C=CC(=O)OCCO.C=CC(=O)OCCOOCc1ccccc1COO.C=CC(=O)OCCOOCc1ccccc1COOC#CC(C)O.C=Cc1ccccc1. The number of likely N-dealkylation sites (N-methyl/N-ethyl adjacent to an activating group) is 1. The first kappa shape index (κ1) is 83.3. The molecule has 3 aromatic carbocycles. The molecule has 4 atom stereocenters. The molecule has 1 saturated carbocycles. The van der Waals surface area contributed by atoms with Crippen molar-refractivity contribution in [2.45, 2.75) is 78.2 Å². The molecule has 4 N–H and O–H groups in total. The Morgan fingerprint density at radius 2 is 0.966 bits per heavy atom. The van der Waals surface area contributed by atoms with E-state index in [4.69, 9.17) is 73.9 Å². The summed E-state index contributed by atoms with van der Waals surface area (Å²) in [6, 6.07) is 24.7. The number of hydrogen-bond acceptors (Lipinski definition) is 25. The smallest absolute Gasteiger partial charge is 0.330 e. The molecular formula is C64H89NO24. The molecule has 0 bridgehead atoms. The highest BCUT2D eigenvalue weighted by Gasteiger charge is 2.26. The average Bonchev–Trinajstić information content (AvgIpc) is 3.64. The van der Waals surface area contributed by atoms with Gasteiger partial charge in [-0.15, -0.1) is 0 Å². The lowest BCUT2D eigenvalue weighted by Crippen LogP contribution is -2.28. The summed E-state index contributed by atoms with van der Waals surface area (Å²) >= 11 is 0. The van der Waals surface area contributed by atoms with Crippen molar-refractivity contribution in [3.05, 3.63) is 177 Å². The lowest BCUT2D eigenvalue weighted by Gasteiger charge is -2.30. The minimum atomic E-state index is -0.780. The van der Waals surface area contributed by atoms with Gasteiger partial charge < -0.3 is 38.8 Å². The van der Waals surface area contributed by atoms with E-state index in [0.29, 0.717) is 31.7 Å². The molecular weight excluding hydrogens is 1170 g/mol. The second-order valence-electron chi connectivity index (χ2n) is 18.0. The number of ether oxygens (including phenoxy) is 5. The molecule has 25 nitrogen and oxygen atoms in total. The van der Waals surface area contributed by atoms with Crippen LogP contribution in [0.5, 0.6) is 0 Å². The van der Waals surface area contributed by atoms with Crippen LogP contribution in [0.2, 0.25) is 0 Å². The lowest BCUT2D eigenvalue weighted by atomic mass is 9.80. The van der Waals surface area contributed by atoms with E-state index < -0.39 is 30.0 Å². The largest absolute Gasteiger partial charge is 0.461 e. The number of esters is 5. The number of nitrogens with zero attached hydrogens (tertiary/aromatic N) is 1. The quantitative estimate of drug-likeness (QED) is 0.00811. The van der Waals surface area contributed by atoms with Crippen LogP contribution in [0.4, 0.5) is 0 Å². The summed E-state index contributed by atoms with van der Waals surface area (Å²) in [5.41, 5.74) is 4.48. The molecule has 3 aromatic rings. The molecule has 0 amide bonds. The Morgan fingerprint density at radius 3 is 1.38 bits per heavy atom. The van der Waals surface area contributed by atoms with Gasteiger partial charge in [-0.1, -0.05) is 137 Å². The van der Waals surface area contributed by atoms with Crippen molar-refractivity contribution in [1.29, 1.82) is 0 Å². The molecule has 0 aromatic heterocycles. The summed E-state index contributed by atoms with van der Waals surface area (Å²) < 4.78 is 23.3. The zero-order valence-electron chi connectivity index (χ0n) is 51.4. The van der Waals surface area contributed by atoms with E-state index >= 15 is 0 Å². The van der Waals surface area contributed by atoms with Gasteiger partial charge in [-0.05, 0) is 86.4 Å². The third-order valence-electron chi connectivity index (χ3n) is 10.8. The third-order valence-corrected chi connectivity index (χ3v) is 10.8. The number of hydrogen-bond donors (Lipinski definition) is 4. The first-order valence-corrected chi connectivity index (χ1v) is 27.8. The molecule has 0 radical (unpaired) electrons. The molecule has 1 fully saturated rings. The van der Waals surface area contributed by atoms with Gasteiger partial charge in [0.15, 0.2) is 6.11 Å². The van der Waals surface area contributed by atoms with Crippen molar-refractivity contribution in [2.24, 2.45) is 11.8 Å². The summed E-state index contributed by atoms with van der Waals surface area (Å²) in [5, 5.41) is 34.0. The van der Waals surface area contributed by atoms with Crippen LogP contribution in [0.3, 0.4) is 0 Å². The fourth-order valence-corrected chi connectivity index (χ4v) is 6.31. The lowest BCUT2D eigenvalue weighted by molar-refractivity contribution is -0.335. The van der Waals surface area contributed by atoms with Gasteiger partial charge in [0.05, 0.1) is 19.8 Å². The Balaban J connectivity index is 0. The van der Waals surface area contributed by atoms with E-state index in [2.05, 4.69) is 70.9 Å². The van der Waals surface area contributed by atoms with Crippen molar-refractivity contribution < 1.29 is 117 Å². The number of benzene rings is 3. The van der Waals surface area contributed by atoms with Gasteiger partial charge in [0.2, 0.25) is 0 Å². The second-order valence-corrected chi connectivity index (χ2v) is 18.0. The van der Waals surface area contributed by atoms with Crippen molar-refractivity contribution >= 4 is 35.9 Å². The van der Waals surface area contributed by atoms with E-state index in [1.54, 1.807) is 13.0 Å². The fraction of sp³-hybridized carbons (Fsp3) is 0.422. The Morgan fingerprint density at radius 1 is 0.539 bits per heavy atom. The number of aliphatic hydroxyl groups excluding tert-OH is 2. The topological polar surface area (TPSA) is 308 Å². The summed E-state index contributed by atoms with van der Waals surface area (Å²) in [7, 11) is 3.84. The first-order valence-electron chi connectivity index (χ1n) is 27.8. The minimum absolute atomic E-state index is 0.0465. The van der Waals surface area contributed by atoms with Crippen LogP contribution in [-0.2, 0) is 123 Å². The van der Waals surface area contributed by atoms with Gasteiger partial charge in [-0.3, -0.25) is 15.4 Å². The molecule has 25 heteroatoms. The van der Waals surface area contributed by atoms with Crippen LogP contribution >= 0.6 is 0 Å². The van der Waals surface area contributed by atoms with E-state index in [1.807, 2.05) is 97.9 Å². The maximum absolute atomic E-state index is 10.9. The molecule has 1 aliphatic carbocycles. The number of rotatable bonds is 36. The number of carbonyl (C=O) groups is 5. The summed E-state index contributed by atoms with van der Waals surface area (Å²) in [4.78, 5) is 103. The van der Waals surface area contributed by atoms with Crippen LogP contribution in [0.1, 0.15) is 67.3 Å². The zero-order chi connectivity index (χ0) is 66.6. The first-order chi connectivity index (χ1) is 43.0. The monoisotopic (exact) mass is 1260 g/mol. The Bertz CT molecular complexity index is 2460. The van der Waals surface area contributed by atoms with Crippen molar-refractivity contribution in [3.63, 3.8) is 0 Å². The van der Waals surface area contributed by atoms with Crippen LogP contribution < -0.4 is 0 Å². The summed E-state index contributed by atoms with van der Waals surface area (Å²) in [6.07, 6.45) is 12.8. The van der Waals surface area contributed by atoms with Gasteiger partial charge in [0.25, 0.3) is 0 Å². The Kier molecular flexibility index (Phi) is 55.4. The highest BCUT2D eigenvalue weighted by molar-refractivity contribution is 5.82. The van der Waals surface area contributed by atoms with Crippen LogP contribution in [-0.4, -0.2) is 154 Å². The van der Waals surface area contributed by atoms with Gasteiger partial charge in [0, 0.05) is 36.9 Å². The highest BCUT2D eigenvalue weighted by atomic mass is 17.2. The van der Waals surface area contributed by atoms with E-state index in [-0.39, 0.29) is 84.7 Å². The molecule has 0 spiro atoms. The fourth-order valence-electron chi connectivity index (χ4n) is 6.31. The molecule has 0 heterocycles. The molecule has 1 aliphatic rings. The van der Waals surface area contributed by atoms with Gasteiger partial charge >= 0.3 is 29.8 Å². The molecule has 0 aliphatic heterocycles. The van der Waals surface area contributed by atoms with E-state index in [0.717, 1.165) is 84.9 Å². The standard InChI is InChI=1S/C17H20O7.C14H24O6.C13H16O6.C8H8.C7H13NO2.C5H8O3/c1-3-17(19)20-10-11-22-24-13-16-7-5-4-6-15(16)12-23-21-9-8-14(2)18;1-3-14(15)17-8-11(2)20-19-10-13-7-5-4-6-12(13)9-18-16;1-2-13(14)16-7-8-18-19-10-12-6-4-3-5-11(12)9-17-15;1-2-8-6-4-3-5-7-8;1-4-7(9)10-6-5-8(2)3;1-2-5(7)8-4-3-6/h3-7,14,18H,1,10-13H2,2H3;3,11-13,16H,1,4-10H2,2H3;2-6,15H,1,7-10H2;2-7H,1H2;4H,1,5-6H2,2-3H3;2,6H,1,3-4H2. The zero-order valence-corrected chi connectivity index (χ0v) is 51.4. The Hall–Kier alpha value is -7.75. The second kappa shape index (κ2) is 59.2. The normalized spacial score (nSPS) is 13.1.